The molecule has 2 rings (SSSR count). The molecule has 0 radical (unpaired) electrons. The Kier molecular flexibility index (Phi) is 6.89. The Hall–Kier alpha value is -2.94. The monoisotopic (exact) mass is 392 g/mol. The van der Waals surface area contributed by atoms with Gasteiger partial charge in [0, 0.05) is 7.05 Å². The van der Waals surface area contributed by atoms with Crippen LogP contribution in [-0.4, -0.2) is 66.7 Å². The van der Waals surface area contributed by atoms with Gasteiger partial charge in [0.05, 0.1) is 13.7 Å². The summed E-state index contributed by atoms with van der Waals surface area (Å²) in [6, 6.07) is 6.83. The second-order valence-electron chi connectivity index (χ2n) is 5.50. The summed E-state index contributed by atoms with van der Waals surface area (Å²) in [6.07, 6.45) is 1.65. The molecule has 1 amide bonds. The number of carbonyl (C=O) groups is 3. The summed E-state index contributed by atoms with van der Waals surface area (Å²) in [7, 11) is 2.90. The van der Waals surface area contributed by atoms with Gasteiger partial charge in [-0.2, -0.15) is 0 Å². The first kappa shape index (κ1) is 20.4. The van der Waals surface area contributed by atoms with Crippen molar-refractivity contribution in [1.82, 2.24) is 9.80 Å². The number of nitrogens with zero attached hydrogens (tertiary/aromatic N) is 2. The Morgan fingerprint density at radius 2 is 1.85 bits per heavy atom. The third kappa shape index (κ3) is 5.04. The maximum absolute atomic E-state index is 12.5. The van der Waals surface area contributed by atoms with E-state index in [1.165, 1.54) is 16.9 Å². The molecule has 8 nitrogen and oxygen atoms in total. The number of likely N-dealkylation sites (N-methyl/N-ethyl adjacent to an activating group) is 1. The first-order valence-corrected chi connectivity index (χ1v) is 8.54. The first-order valence-electron chi connectivity index (χ1n) is 8.14. The molecule has 144 valence electrons. The number of methoxy groups -OCH3 is 1. The van der Waals surface area contributed by atoms with Crippen molar-refractivity contribution in [3.05, 3.63) is 35.5 Å². The molecule has 0 atom stereocenters. The molecule has 0 aliphatic carbocycles. The summed E-state index contributed by atoms with van der Waals surface area (Å²) in [5.41, 5.74) is 1.07. The molecule has 0 N–H and O–H groups in total. The third-order valence-corrected chi connectivity index (χ3v) is 4.20. The van der Waals surface area contributed by atoms with Crippen molar-refractivity contribution in [2.24, 2.45) is 0 Å². The number of esters is 2. The van der Waals surface area contributed by atoms with E-state index in [4.69, 9.17) is 21.7 Å². The van der Waals surface area contributed by atoms with Gasteiger partial charge in [-0.3, -0.25) is 14.5 Å². The van der Waals surface area contributed by atoms with E-state index in [2.05, 4.69) is 4.74 Å². The van der Waals surface area contributed by atoms with E-state index in [0.717, 1.165) is 5.56 Å². The van der Waals surface area contributed by atoms with Crippen molar-refractivity contribution in [3.63, 3.8) is 0 Å². The van der Waals surface area contributed by atoms with Crippen LogP contribution < -0.4 is 4.74 Å². The molecule has 0 bridgehead atoms. The van der Waals surface area contributed by atoms with Gasteiger partial charge in [-0.1, -0.05) is 12.1 Å². The van der Waals surface area contributed by atoms with E-state index in [9.17, 15) is 14.4 Å². The molecule has 0 aromatic heterocycles. The number of hydrogen-bond acceptors (Lipinski definition) is 7. The second-order valence-corrected chi connectivity index (χ2v) is 5.87. The SMILES string of the molecule is CCOC(=O)COc1ccc(/C=C2/C(=O)N(CC(=O)OC)C(=S)N2C)cc1. The molecule has 0 saturated carbocycles. The second kappa shape index (κ2) is 9.13. The van der Waals surface area contributed by atoms with Gasteiger partial charge < -0.3 is 19.1 Å². The molecule has 9 heteroatoms. The van der Waals surface area contributed by atoms with Crippen LogP contribution in [-0.2, 0) is 23.9 Å². The lowest BCUT2D eigenvalue weighted by Crippen LogP contribution is -2.36. The molecular formula is C18H20N2O6S. The van der Waals surface area contributed by atoms with Gasteiger partial charge in [-0.15, -0.1) is 0 Å². The molecule has 1 aliphatic heterocycles. The van der Waals surface area contributed by atoms with Crippen molar-refractivity contribution in [2.45, 2.75) is 6.92 Å². The summed E-state index contributed by atoms with van der Waals surface area (Å²) in [5, 5.41) is 0.228. The van der Waals surface area contributed by atoms with Gasteiger partial charge in [0.15, 0.2) is 11.7 Å². The predicted octanol–water partition coefficient (Wildman–Crippen LogP) is 1.20. The van der Waals surface area contributed by atoms with Crippen molar-refractivity contribution >= 4 is 41.3 Å². The van der Waals surface area contributed by atoms with Crippen LogP contribution in [0, 0.1) is 0 Å². The Labute approximate surface area is 162 Å². The summed E-state index contributed by atoms with van der Waals surface area (Å²) >= 11 is 5.22. The number of amides is 1. The van der Waals surface area contributed by atoms with E-state index in [1.807, 2.05) is 0 Å². The third-order valence-electron chi connectivity index (χ3n) is 3.70. The molecule has 27 heavy (non-hydrogen) atoms. The maximum atomic E-state index is 12.5. The van der Waals surface area contributed by atoms with Gasteiger partial charge in [0.1, 0.15) is 18.0 Å². The van der Waals surface area contributed by atoms with E-state index in [0.29, 0.717) is 18.1 Å². The number of ether oxygens (including phenoxy) is 3. The van der Waals surface area contributed by atoms with Crippen molar-refractivity contribution in [2.75, 3.05) is 33.9 Å². The van der Waals surface area contributed by atoms with Gasteiger partial charge in [0.2, 0.25) is 0 Å². The van der Waals surface area contributed by atoms with Gasteiger partial charge in [0.25, 0.3) is 5.91 Å². The Morgan fingerprint density at radius 3 is 2.44 bits per heavy atom. The van der Waals surface area contributed by atoms with Gasteiger partial charge in [-0.25, -0.2) is 4.79 Å². The molecule has 0 unspecified atom stereocenters. The molecule has 1 saturated heterocycles. The Bertz CT molecular complexity index is 775. The van der Waals surface area contributed by atoms with Crippen molar-refractivity contribution in [3.8, 4) is 5.75 Å². The summed E-state index contributed by atoms with van der Waals surface area (Å²) in [6.45, 7) is 1.60. The zero-order valence-electron chi connectivity index (χ0n) is 15.3. The van der Waals surface area contributed by atoms with Crippen molar-refractivity contribution in [1.29, 1.82) is 0 Å². The molecule has 0 spiro atoms. The minimum Gasteiger partial charge on any atom is -0.482 e. The highest BCUT2D eigenvalue weighted by Gasteiger charge is 2.36. The summed E-state index contributed by atoms with van der Waals surface area (Å²) in [4.78, 5) is 38.0. The summed E-state index contributed by atoms with van der Waals surface area (Å²) in [5.74, 6) is -0.876. The smallest absolute Gasteiger partial charge is 0.344 e. The van der Waals surface area contributed by atoms with Crippen LogP contribution in [0.4, 0.5) is 0 Å². The van der Waals surface area contributed by atoms with Gasteiger partial charge in [-0.05, 0) is 42.9 Å². The van der Waals surface area contributed by atoms with Crippen LogP contribution in [0.1, 0.15) is 12.5 Å². The number of thiocarbonyl (C=S) groups is 1. The molecule has 1 heterocycles. The number of rotatable bonds is 7. The van der Waals surface area contributed by atoms with Crippen LogP contribution >= 0.6 is 12.2 Å². The van der Waals surface area contributed by atoms with E-state index < -0.39 is 11.9 Å². The zero-order chi connectivity index (χ0) is 20.0. The normalized spacial score (nSPS) is 15.3. The molecule has 1 aromatic carbocycles. The highest BCUT2D eigenvalue weighted by Crippen LogP contribution is 2.23. The van der Waals surface area contributed by atoms with Gasteiger partial charge >= 0.3 is 11.9 Å². The highest BCUT2D eigenvalue weighted by atomic mass is 32.1. The fourth-order valence-corrected chi connectivity index (χ4v) is 2.55. The van der Waals surface area contributed by atoms with E-state index in [1.54, 1.807) is 44.3 Å². The molecule has 1 aliphatic rings. The van der Waals surface area contributed by atoms with Crippen LogP contribution in [0.3, 0.4) is 0 Å². The van der Waals surface area contributed by atoms with Crippen LogP contribution in [0.2, 0.25) is 0 Å². The van der Waals surface area contributed by atoms with E-state index in [-0.39, 0.29) is 24.2 Å². The number of hydrogen-bond donors (Lipinski definition) is 0. The van der Waals surface area contributed by atoms with Crippen LogP contribution in [0.15, 0.2) is 30.0 Å². The average Bonchev–Trinajstić information content (AvgIpc) is 2.85. The molecular weight excluding hydrogens is 372 g/mol. The lowest BCUT2D eigenvalue weighted by atomic mass is 10.2. The van der Waals surface area contributed by atoms with Crippen LogP contribution in [0.5, 0.6) is 5.75 Å². The molecule has 1 aromatic rings. The van der Waals surface area contributed by atoms with Crippen molar-refractivity contribution < 1.29 is 28.6 Å². The van der Waals surface area contributed by atoms with Crippen LogP contribution in [0.25, 0.3) is 6.08 Å². The summed E-state index contributed by atoms with van der Waals surface area (Å²) < 4.78 is 14.7. The predicted molar refractivity (Wildman–Crippen MR) is 101 cm³/mol. The lowest BCUT2D eigenvalue weighted by molar-refractivity contribution is -0.145. The Balaban J connectivity index is 2.09. The minimum atomic E-state index is -0.552. The first-order chi connectivity index (χ1) is 12.9. The largest absolute Gasteiger partial charge is 0.482 e. The topological polar surface area (TPSA) is 85.4 Å². The fraction of sp³-hybridized carbons (Fsp3) is 0.333. The number of carbonyl (C=O) groups excluding carboxylic acids is 3. The Morgan fingerprint density at radius 1 is 1.19 bits per heavy atom. The average molecular weight is 392 g/mol. The fourth-order valence-electron chi connectivity index (χ4n) is 2.31. The number of benzene rings is 1. The standard InChI is InChI=1S/C18H20N2O6S/c1-4-25-16(22)11-26-13-7-5-12(6-8-13)9-14-17(23)20(10-15(21)24-3)18(27)19(14)2/h5-9H,4,10-11H2,1-3H3/b14-9-. The zero-order valence-corrected chi connectivity index (χ0v) is 16.1. The minimum absolute atomic E-state index is 0.174. The lowest BCUT2D eigenvalue weighted by Gasteiger charge is -2.14. The maximum Gasteiger partial charge on any atom is 0.344 e. The van der Waals surface area contributed by atoms with E-state index >= 15 is 0 Å². The highest BCUT2D eigenvalue weighted by molar-refractivity contribution is 7.80. The quantitative estimate of drug-likeness (QED) is 0.389. The molecule has 1 fully saturated rings.